The normalized spacial score (nSPS) is 17.3. The van der Waals surface area contributed by atoms with Gasteiger partial charge >= 0.3 is 7.12 Å². The zero-order valence-electron chi connectivity index (χ0n) is 20.2. The highest BCUT2D eigenvalue weighted by Gasteiger charge is 2.52. The van der Waals surface area contributed by atoms with Crippen LogP contribution in [0.15, 0.2) is 87.7 Å². The summed E-state index contributed by atoms with van der Waals surface area (Å²) >= 11 is 0. The van der Waals surface area contributed by atoms with E-state index in [1.54, 1.807) is 0 Å². The fourth-order valence-corrected chi connectivity index (χ4v) is 5.19. The SMILES string of the molecule is CC1(C)OB(c2ccc(-c3cccc4c3oc3ccccc34)c3oc4ccccc4c23)OC1(C)C. The third-order valence-electron chi connectivity index (χ3n) is 7.76. The zero-order chi connectivity index (χ0) is 23.9. The highest BCUT2D eigenvalue weighted by atomic mass is 16.7. The van der Waals surface area contributed by atoms with E-state index in [1.807, 2.05) is 36.4 Å². The van der Waals surface area contributed by atoms with Crippen LogP contribution in [-0.4, -0.2) is 18.3 Å². The van der Waals surface area contributed by atoms with Crippen molar-refractivity contribution in [2.24, 2.45) is 0 Å². The van der Waals surface area contributed by atoms with E-state index in [2.05, 4.69) is 70.2 Å². The average molecular weight is 460 g/mol. The number of benzene rings is 4. The van der Waals surface area contributed by atoms with Gasteiger partial charge in [0.2, 0.25) is 0 Å². The summed E-state index contributed by atoms with van der Waals surface area (Å²) in [5, 5.41) is 4.27. The number of furan rings is 2. The van der Waals surface area contributed by atoms with Gasteiger partial charge < -0.3 is 18.1 Å². The lowest BCUT2D eigenvalue weighted by molar-refractivity contribution is 0.00578. The molecule has 1 aliphatic heterocycles. The molecule has 3 heterocycles. The van der Waals surface area contributed by atoms with Crippen LogP contribution < -0.4 is 5.46 Å². The molecule has 0 unspecified atom stereocenters. The van der Waals surface area contributed by atoms with E-state index in [0.717, 1.165) is 60.5 Å². The molecule has 7 rings (SSSR count). The van der Waals surface area contributed by atoms with Gasteiger partial charge in [-0.15, -0.1) is 0 Å². The predicted octanol–water partition coefficient (Wildman–Crippen LogP) is 7.45. The Hall–Kier alpha value is -3.54. The quantitative estimate of drug-likeness (QED) is 0.252. The fraction of sp³-hybridized carbons (Fsp3) is 0.200. The summed E-state index contributed by atoms with van der Waals surface area (Å²) in [6.07, 6.45) is 0. The molecule has 172 valence electrons. The van der Waals surface area contributed by atoms with Crippen molar-refractivity contribution in [2.45, 2.75) is 38.9 Å². The lowest BCUT2D eigenvalue weighted by atomic mass is 9.75. The van der Waals surface area contributed by atoms with Crippen LogP contribution in [0.2, 0.25) is 0 Å². The second kappa shape index (κ2) is 7.00. The monoisotopic (exact) mass is 460 g/mol. The minimum absolute atomic E-state index is 0.429. The largest absolute Gasteiger partial charge is 0.495 e. The number of hydrogen-bond acceptors (Lipinski definition) is 4. The molecule has 0 amide bonds. The molecule has 1 aliphatic rings. The molecular weight excluding hydrogens is 435 g/mol. The maximum atomic E-state index is 6.51. The van der Waals surface area contributed by atoms with Crippen LogP contribution in [0.25, 0.3) is 55.0 Å². The highest BCUT2D eigenvalue weighted by Crippen LogP contribution is 2.42. The van der Waals surface area contributed by atoms with Crippen LogP contribution in [0.4, 0.5) is 0 Å². The Morgan fingerprint density at radius 1 is 0.543 bits per heavy atom. The maximum absolute atomic E-state index is 6.51. The molecule has 0 radical (unpaired) electrons. The molecule has 0 N–H and O–H groups in total. The molecule has 1 fully saturated rings. The van der Waals surface area contributed by atoms with Crippen LogP contribution in [0.5, 0.6) is 0 Å². The molecule has 4 aromatic carbocycles. The van der Waals surface area contributed by atoms with Crippen molar-refractivity contribution in [3.8, 4) is 11.1 Å². The first-order valence-electron chi connectivity index (χ1n) is 12.0. The summed E-state index contributed by atoms with van der Waals surface area (Å²) in [5.41, 5.74) is 5.50. The Morgan fingerprint density at radius 3 is 1.86 bits per heavy atom. The molecule has 0 spiro atoms. The van der Waals surface area contributed by atoms with Crippen molar-refractivity contribution in [1.29, 1.82) is 0 Å². The predicted molar refractivity (Wildman–Crippen MR) is 142 cm³/mol. The summed E-state index contributed by atoms with van der Waals surface area (Å²) in [4.78, 5) is 0. The van der Waals surface area contributed by atoms with Gasteiger partial charge in [-0.3, -0.25) is 0 Å². The molecule has 6 aromatic rings. The Labute approximate surface area is 203 Å². The lowest BCUT2D eigenvalue weighted by Gasteiger charge is -2.32. The minimum atomic E-state index is -0.487. The van der Waals surface area contributed by atoms with E-state index >= 15 is 0 Å². The molecule has 35 heavy (non-hydrogen) atoms. The molecule has 1 saturated heterocycles. The van der Waals surface area contributed by atoms with Crippen molar-refractivity contribution < 1.29 is 18.1 Å². The van der Waals surface area contributed by atoms with Gasteiger partial charge in [-0.2, -0.15) is 0 Å². The van der Waals surface area contributed by atoms with Crippen molar-refractivity contribution in [3.05, 3.63) is 78.9 Å². The van der Waals surface area contributed by atoms with E-state index in [1.165, 1.54) is 0 Å². The van der Waals surface area contributed by atoms with E-state index in [4.69, 9.17) is 18.1 Å². The molecule has 2 aromatic heterocycles. The number of rotatable bonds is 2. The molecule has 5 heteroatoms. The number of hydrogen-bond donors (Lipinski definition) is 0. The zero-order valence-corrected chi connectivity index (χ0v) is 20.2. The summed E-state index contributed by atoms with van der Waals surface area (Å²) < 4.78 is 25.8. The third-order valence-corrected chi connectivity index (χ3v) is 7.76. The van der Waals surface area contributed by atoms with Gasteiger partial charge in [0.05, 0.1) is 11.2 Å². The van der Waals surface area contributed by atoms with Crippen molar-refractivity contribution in [2.75, 3.05) is 0 Å². The minimum Gasteiger partial charge on any atom is -0.455 e. The smallest absolute Gasteiger partial charge is 0.455 e. The topological polar surface area (TPSA) is 44.7 Å². The van der Waals surface area contributed by atoms with E-state index in [-0.39, 0.29) is 0 Å². The molecule has 0 saturated carbocycles. The van der Waals surface area contributed by atoms with Gasteiger partial charge in [-0.05, 0) is 45.3 Å². The van der Waals surface area contributed by atoms with Gasteiger partial charge in [0.15, 0.2) is 0 Å². The second-order valence-electron chi connectivity index (χ2n) is 10.4. The first kappa shape index (κ1) is 20.8. The molecular formula is C30H25BO4. The first-order chi connectivity index (χ1) is 16.8. The van der Waals surface area contributed by atoms with E-state index < -0.39 is 18.3 Å². The van der Waals surface area contributed by atoms with Gasteiger partial charge in [0.25, 0.3) is 0 Å². The Balaban J connectivity index is 1.52. The van der Waals surface area contributed by atoms with Gasteiger partial charge in [-0.25, -0.2) is 0 Å². The van der Waals surface area contributed by atoms with Crippen molar-refractivity contribution in [3.63, 3.8) is 0 Å². The standard InChI is InChI=1S/C30H25BO4/c1-29(2)30(3,4)35-31(34-29)23-17-16-21(28-26(23)22-11-6-8-15-25(22)33-28)20-13-9-12-19-18-10-5-7-14-24(18)32-27(19)20/h5-17H,1-4H3. The Morgan fingerprint density at radius 2 is 1.11 bits per heavy atom. The molecule has 0 aliphatic carbocycles. The fourth-order valence-electron chi connectivity index (χ4n) is 5.19. The second-order valence-corrected chi connectivity index (χ2v) is 10.4. The lowest BCUT2D eigenvalue weighted by Crippen LogP contribution is -2.41. The summed E-state index contributed by atoms with van der Waals surface area (Å²) in [6.45, 7) is 8.31. The molecule has 0 bridgehead atoms. The van der Waals surface area contributed by atoms with Crippen LogP contribution in [-0.2, 0) is 9.31 Å². The number of fused-ring (bicyclic) bond motifs is 6. The van der Waals surface area contributed by atoms with E-state index in [9.17, 15) is 0 Å². The summed E-state index contributed by atoms with van der Waals surface area (Å²) in [6, 6.07) is 26.8. The van der Waals surface area contributed by atoms with Gasteiger partial charge in [-0.1, -0.05) is 66.7 Å². The number of para-hydroxylation sites is 3. The molecule has 0 atom stereocenters. The Bertz CT molecular complexity index is 1760. The van der Waals surface area contributed by atoms with Crippen LogP contribution in [0.3, 0.4) is 0 Å². The summed E-state index contributed by atoms with van der Waals surface area (Å²) in [7, 11) is -0.487. The van der Waals surface area contributed by atoms with Crippen molar-refractivity contribution in [1.82, 2.24) is 0 Å². The van der Waals surface area contributed by atoms with E-state index in [0.29, 0.717) is 0 Å². The van der Waals surface area contributed by atoms with Crippen LogP contribution >= 0.6 is 0 Å². The maximum Gasteiger partial charge on any atom is 0.495 e. The van der Waals surface area contributed by atoms with Gasteiger partial charge in [0.1, 0.15) is 22.3 Å². The average Bonchev–Trinajstić information content (AvgIpc) is 3.47. The highest BCUT2D eigenvalue weighted by molar-refractivity contribution is 6.66. The van der Waals surface area contributed by atoms with Crippen molar-refractivity contribution >= 4 is 56.5 Å². The summed E-state index contributed by atoms with van der Waals surface area (Å²) in [5.74, 6) is 0. The first-order valence-corrected chi connectivity index (χ1v) is 12.0. The third kappa shape index (κ3) is 2.89. The molecule has 4 nitrogen and oxygen atoms in total. The van der Waals surface area contributed by atoms with Crippen LogP contribution in [0.1, 0.15) is 27.7 Å². The van der Waals surface area contributed by atoms with Crippen LogP contribution in [0, 0.1) is 0 Å². The van der Waals surface area contributed by atoms with Gasteiger partial charge in [0, 0.05) is 32.7 Å². The Kier molecular flexibility index (Phi) is 4.16.